The summed E-state index contributed by atoms with van der Waals surface area (Å²) in [6.45, 7) is 4.13. The second-order valence-corrected chi connectivity index (χ2v) is 3.99. The summed E-state index contributed by atoms with van der Waals surface area (Å²) in [7, 11) is 0. The minimum absolute atomic E-state index is 0.0288. The predicted molar refractivity (Wildman–Crippen MR) is 54.2 cm³/mol. The van der Waals surface area contributed by atoms with Crippen LogP contribution in [-0.4, -0.2) is 10.7 Å². The third-order valence-corrected chi connectivity index (χ3v) is 1.83. The molecule has 16 heavy (non-hydrogen) atoms. The molecule has 0 atom stereocenters. The van der Waals surface area contributed by atoms with Gasteiger partial charge in [-0.3, -0.25) is 0 Å². The summed E-state index contributed by atoms with van der Waals surface area (Å²) < 4.78 is 39.1. The van der Waals surface area contributed by atoms with E-state index in [1.54, 1.807) is 0 Å². The van der Waals surface area contributed by atoms with E-state index in [1.807, 2.05) is 0 Å². The molecule has 0 heterocycles. The highest BCUT2D eigenvalue weighted by Crippen LogP contribution is 2.18. The van der Waals surface area contributed by atoms with Crippen molar-refractivity contribution in [3.05, 3.63) is 34.6 Å². The van der Waals surface area contributed by atoms with Gasteiger partial charge in [0.1, 0.15) is 5.60 Å². The van der Waals surface area contributed by atoms with Gasteiger partial charge in [0.15, 0.2) is 17.5 Å². The zero-order valence-corrected chi connectivity index (χ0v) is 9.16. The van der Waals surface area contributed by atoms with Crippen LogP contribution in [0.5, 0.6) is 0 Å². The van der Waals surface area contributed by atoms with Gasteiger partial charge in [-0.25, -0.2) is 13.2 Å². The Hall–Kier alpha value is -1.47. The lowest BCUT2D eigenvalue weighted by atomic mass is 10.1. The lowest BCUT2D eigenvalue weighted by Gasteiger charge is -2.07. The van der Waals surface area contributed by atoms with Crippen molar-refractivity contribution in [2.45, 2.75) is 26.4 Å². The van der Waals surface area contributed by atoms with Gasteiger partial charge in [-0.05, 0) is 32.4 Å². The lowest BCUT2D eigenvalue weighted by molar-refractivity contribution is 0.143. The highest BCUT2D eigenvalue weighted by molar-refractivity contribution is 5.40. The standard InChI is InChI=1S/C12H11F3O/c1-7-6-8(4-5-12(2,3)16)10(14)11(15)9(7)13/h6,16H,1-3H3. The number of aliphatic hydroxyl groups is 1. The molecule has 1 N–H and O–H groups in total. The molecule has 0 unspecified atom stereocenters. The van der Waals surface area contributed by atoms with E-state index in [-0.39, 0.29) is 11.1 Å². The molecule has 0 fully saturated rings. The van der Waals surface area contributed by atoms with Gasteiger partial charge in [0, 0.05) is 0 Å². The van der Waals surface area contributed by atoms with E-state index in [9.17, 15) is 18.3 Å². The fourth-order valence-corrected chi connectivity index (χ4v) is 1.04. The lowest BCUT2D eigenvalue weighted by Crippen LogP contribution is -2.14. The van der Waals surface area contributed by atoms with Gasteiger partial charge < -0.3 is 5.11 Å². The molecule has 0 radical (unpaired) electrons. The average Bonchev–Trinajstić information content (AvgIpc) is 2.17. The third kappa shape index (κ3) is 2.77. The molecule has 0 saturated heterocycles. The van der Waals surface area contributed by atoms with Gasteiger partial charge in [0.2, 0.25) is 0 Å². The molecule has 86 valence electrons. The van der Waals surface area contributed by atoms with Crippen molar-refractivity contribution in [3.8, 4) is 11.8 Å². The molecule has 1 rings (SSSR count). The maximum absolute atomic E-state index is 13.2. The predicted octanol–water partition coefficient (Wildman–Crippen LogP) is 2.53. The first-order chi connectivity index (χ1) is 7.22. The van der Waals surface area contributed by atoms with E-state index >= 15 is 0 Å². The van der Waals surface area contributed by atoms with E-state index in [0.717, 1.165) is 6.07 Å². The number of rotatable bonds is 0. The van der Waals surface area contributed by atoms with Crippen LogP contribution in [0.3, 0.4) is 0 Å². The van der Waals surface area contributed by atoms with Gasteiger partial charge in [0.05, 0.1) is 5.56 Å². The van der Waals surface area contributed by atoms with Crippen molar-refractivity contribution in [1.82, 2.24) is 0 Å². The molecular formula is C12H11F3O. The molecule has 0 bridgehead atoms. The number of aryl methyl sites for hydroxylation is 1. The van der Waals surface area contributed by atoms with Crippen LogP contribution in [0.1, 0.15) is 25.0 Å². The summed E-state index contributed by atoms with van der Waals surface area (Å²) in [6, 6.07) is 1.10. The summed E-state index contributed by atoms with van der Waals surface area (Å²) in [5.41, 5.74) is -1.61. The Bertz CT molecular complexity index is 476. The van der Waals surface area contributed by atoms with Gasteiger partial charge in [-0.15, -0.1) is 0 Å². The van der Waals surface area contributed by atoms with E-state index in [2.05, 4.69) is 11.8 Å². The van der Waals surface area contributed by atoms with Gasteiger partial charge in [-0.2, -0.15) is 0 Å². The first-order valence-electron chi connectivity index (χ1n) is 4.62. The van der Waals surface area contributed by atoms with E-state index in [4.69, 9.17) is 0 Å². The third-order valence-electron chi connectivity index (χ3n) is 1.83. The molecule has 0 aliphatic heterocycles. The van der Waals surface area contributed by atoms with Gasteiger partial charge in [0.25, 0.3) is 0 Å². The van der Waals surface area contributed by atoms with E-state index in [1.165, 1.54) is 20.8 Å². The second kappa shape index (κ2) is 4.18. The van der Waals surface area contributed by atoms with Crippen molar-refractivity contribution in [2.75, 3.05) is 0 Å². The Morgan fingerprint density at radius 2 is 1.69 bits per heavy atom. The molecule has 0 saturated carbocycles. The van der Waals surface area contributed by atoms with E-state index < -0.39 is 23.1 Å². The van der Waals surface area contributed by atoms with E-state index in [0.29, 0.717) is 0 Å². The summed E-state index contributed by atoms with van der Waals surface area (Å²) in [6.07, 6.45) is 0. The topological polar surface area (TPSA) is 20.2 Å². The molecule has 0 amide bonds. The molecule has 1 aromatic carbocycles. The van der Waals surface area contributed by atoms with Crippen molar-refractivity contribution >= 4 is 0 Å². The second-order valence-electron chi connectivity index (χ2n) is 3.99. The first-order valence-corrected chi connectivity index (χ1v) is 4.62. The number of hydrogen-bond acceptors (Lipinski definition) is 1. The Balaban J connectivity index is 3.31. The highest BCUT2D eigenvalue weighted by atomic mass is 19.2. The Kier molecular flexibility index (Phi) is 3.30. The summed E-state index contributed by atoms with van der Waals surface area (Å²) >= 11 is 0. The van der Waals surface area contributed by atoms with Crippen LogP contribution in [0.15, 0.2) is 6.07 Å². The Morgan fingerprint density at radius 3 is 2.19 bits per heavy atom. The Morgan fingerprint density at radius 1 is 1.12 bits per heavy atom. The van der Waals surface area contributed by atoms with Crippen LogP contribution in [0.25, 0.3) is 0 Å². The van der Waals surface area contributed by atoms with Gasteiger partial charge >= 0.3 is 0 Å². The number of halogens is 3. The monoisotopic (exact) mass is 228 g/mol. The molecule has 0 aliphatic rings. The number of hydrogen-bond donors (Lipinski definition) is 1. The minimum atomic E-state index is -1.54. The highest BCUT2D eigenvalue weighted by Gasteiger charge is 2.15. The average molecular weight is 228 g/mol. The molecule has 1 aromatic rings. The van der Waals surface area contributed by atoms with Crippen molar-refractivity contribution in [3.63, 3.8) is 0 Å². The fourth-order valence-electron chi connectivity index (χ4n) is 1.04. The minimum Gasteiger partial charge on any atom is -0.378 e. The van der Waals surface area contributed by atoms with Crippen molar-refractivity contribution in [2.24, 2.45) is 0 Å². The molecule has 0 spiro atoms. The quantitative estimate of drug-likeness (QED) is 0.534. The van der Waals surface area contributed by atoms with Crippen LogP contribution in [0.4, 0.5) is 13.2 Å². The molecule has 0 aliphatic carbocycles. The molecular weight excluding hydrogens is 217 g/mol. The van der Waals surface area contributed by atoms with Crippen LogP contribution < -0.4 is 0 Å². The smallest absolute Gasteiger partial charge is 0.195 e. The van der Waals surface area contributed by atoms with Crippen LogP contribution in [-0.2, 0) is 0 Å². The molecule has 1 nitrogen and oxygen atoms in total. The molecule has 4 heteroatoms. The normalized spacial score (nSPS) is 10.9. The van der Waals surface area contributed by atoms with Crippen LogP contribution >= 0.6 is 0 Å². The fraction of sp³-hybridized carbons (Fsp3) is 0.333. The zero-order chi connectivity index (χ0) is 12.5. The Labute approximate surface area is 91.9 Å². The maximum Gasteiger partial charge on any atom is 0.195 e. The van der Waals surface area contributed by atoms with Crippen molar-refractivity contribution < 1.29 is 18.3 Å². The summed E-state index contributed by atoms with van der Waals surface area (Å²) in [4.78, 5) is 0. The van der Waals surface area contributed by atoms with Crippen molar-refractivity contribution in [1.29, 1.82) is 0 Å². The largest absolute Gasteiger partial charge is 0.378 e. The zero-order valence-electron chi connectivity index (χ0n) is 9.16. The summed E-state index contributed by atoms with van der Waals surface area (Å²) in [5, 5.41) is 9.30. The summed E-state index contributed by atoms with van der Waals surface area (Å²) in [5.74, 6) is 0.518. The maximum atomic E-state index is 13.2. The first kappa shape index (κ1) is 12.6. The molecule has 0 aromatic heterocycles. The number of benzene rings is 1. The van der Waals surface area contributed by atoms with Crippen LogP contribution in [0, 0.1) is 36.2 Å². The van der Waals surface area contributed by atoms with Crippen LogP contribution in [0.2, 0.25) is 0 Å². The SMILES string of the molecule is Cc1cc(C#CC(C)(C)O)c(F)c(F)c1F. The van der Waals surface area contributed by atoms with Gasteiger partial charge in [-0.1, -0.05) is 11.8 Å².